The first-order valence-corrected chi connectivity index (χ1v) is 7.82. The highest BCUT2D eigenvalue weighted by molar-refractivity contribution is 7.89. The first-order chi connectivity index (χ1) is 10.1. The Balaban J connectivity index is 2.02. The minimum atomic E-state index is -3.58. The van der Waals surface area contributed by atoms with Gasteiger partial charge in [-0.25, -0.2) is 13.1 Å². The van der Waals surface area contributed by atoms with Gasteiger partial charge in [-0.15, -0.1) is 0 Å². The predicted octanol–water partition coefficient (Wildman–Crippen LogP) is 0.931. The smallest absolute Gasteiger partial charge is 0.240 e. The third kappa shape index (κ3) is 4.52. The van der Waals surface area contributed by atoms with Crippen LogP contribution in [-0.4, -0.2) is 31.7 Å². The average Bonchev–Trinajstić information content (AvgIpc) is 2.52. The molecule has 0 fully saturated rings. The standard InChI is InChI=1S/C14H16N2O4S/c17-8-9-20-13-3-5-14(6-4-13)21(18,19)16-11-12-2-1-7-15-10-12/h1-7,10,16-17H,8-9,11H2. The van der Waals surface area contributed by atoms with Crippen LogP contribution in [0.3, 0.4) is 0 Å². The van der Waals surface area contributed by atoms with Crippen LogP contribution in [0.2, 0.25) is 0 Å². The number of ether oxygens (including phenoxy) is 1. The molecule has 0 amide bonds. The lowest BCUT2D eigenvalue weighted by Crippen LogP contribution is -2.23. The van der Waals surface area contributed by atoms with Crippen molar-refractivity contribution in [3.8, 4) is 5.75 Å². The van der Waals surface area contributed by atoms with Gasteiger partial charge >= 0.3 is 0 Å². The molecule has 0 aliphatic rings. The van der Waals surface area contributed by atoms with Crippen LogP contribution >= 0.6 is 0 Å². The van der Waals surface area contributed by atoms with Gasteiger partial charge in [0.2, 0.25) is 10.0 Å². The van der Waals surface area contributed by atoms with Crippen molar-refractivity contribution in [2.24, 2.45) is 0 Å². The third-order valence-electron chi connectivity index (χ3n) is 2.68. The van der Waals surface area contributed by atoms with E-state index in [2.05, 4.69) is 9.71 Å². The van der Waals surface area contributed by atoms with Crippen LogP contribution in [0.4, 0.5) is 0 Å². The van der Waals surface area contributed by atoms with E-state index in [0.717, 1.165) is 5.56 Å². The molecule has 1 aromatic carbocycles. The van der Waals surface area contributed by atoms with Gasteiger partial charge in [0.25, 0.3) is 0 Å². The normalized spacial score (nSPS) is 11.3. The molecule has 6 nitrogen and oxygen atoms in total. The van der Waals surface area contributed by atoms with Gasteiger partial charge in [-0.3, -0.25) is 4.98 Å². The van der Waals surface area contributed by atoms with E-state index in [1.807, 2.05) is 0 Å². The molecule has 0 unspecified atom stereocenters. The van der Waals surface area contributed by atoms with Crippen molar-refractivity contribution >= 4 is 10.0 Å². The number of sulfonamides is 1. The quantitative estimate of drug-likeness (QED) is 0.794. The fourth-order valence-electron chi connectivity index (χ4n) is 1.64. The van der Waals surface area contributed by atoms with Crippen molar-refractivity contribution in [3.05, 3.63) is 54.4 Å². The zero-order valence-electron chi connectivity index (χ0n) is 11.3. The third-order valence-corrected chi connectivity index (χ3v) is 4.10. The summed E-state index contributed by atoms with van der Waals surface area (Å²) < 4.78 is 31.9. The van der Waals surface area contributed by atoms with Gasteiger partial charge in [0.15, 0.2) is 0 Å². The second-order valence-electron chi connectivity index (χ2n) is 4.23. The van der Waals surface area contributed by atoms with Gasteiger partial charge in [0.1, 0.15) is 12.4 Å². The Morgan fingerprint density at radius 2 is 1.95 bits per heavy atom. The lowest BCUT2D eigenvalue weighted by Gasteiger charge is -2.08. The largest absolute Gasteiger partial charge is 0.491 e. The van der Waals surface area contributed by atoms with Crippen LogP contribution in [0, 0.1) is 0 Å². The molecular weight excluding hydrogens is 292 g/mol. The minimum absolute atomic E-state index is 0.0906. The van der Waals surface area contributed by atoms with Crippen LogP contribution in [-0.2, 0) is 16.6 Å². The van der Waals surface area contributed by atoms with Crippen molar-refractivity contribution in [3.63, 3.8) is 0 Å². The topological polar surface area (TPSA) is 88.5 Å². The Hall–Kier alpha value is -1.96. The number of rotatable bonds is 7. The molecule has 2 N–H and O–H groups in total. The summed E-state index contributed by atoms with van der Waals surface area (Å²) in [5.41, 5.74) is 0.781. The first kappa shape index (κ1) is 15.4. The molecule has 0 spiro atoms. The van der Waals surface area contributed by atoms with Crippen LogP contribution in [0.1, 0.15) is 5.56 Å². The number of hydrogen-bond acceptors (Lipinski definition) is 5. The number of pyridine rings is 1. The number of nitrogens with zero attached hydrogens (tertiary/aromatic N) is 1. The molecule has 2 aromatic rings. The summed E-state index contributed by atoms with van der Waals surface area (Å²) in [6.07, 6.45) is 3.23. The lowest BCUT2D eigenvalue weighted by atomic mass is 10.3. The monoisotopic (exact) mass is 308 g/mol. The van der Waals surface area contributed by atoms with Crippen LogP contribution in [0.25, 0.3) is 0 Å². The number of benzene rings is 1. The maximum absolute atomic E-state index is 12.1. The molecule has 0 atom stereocenters. The van der Waals surface area contributed by atoms with Crippen molar-refractivity contribution in [1.82, 2.24) is 9.71 Å². The summed E-state index contributed by atoms with van der Waals surface area (Å²) >= 11 is 0. The number of aromatic nitrogens is 1. The molecule has 0 saturated heterocycles. The second-order valence-corrected chi connectivity index (χ2v) is 6.00. The summed E-state index contributed by atoms with van der Waals surface area (Å²) in [6.45, 7) is 0.261. The van der Waals surface area contributed by atoms with Crippen molar-refractivity contribution in [1.29, 1.82) is 0 Å². The summed E-state index contributed by atoms with van der Waals surface area (Å²) in [6, 6.07) is 9.55. The van der Waals surface area contributed by atoms with E-state index in [0.29, 0.717) is 5.75 Å². The highest BCUT2D eigenvalue weighted by atomic mass is 32.2. The first-order valence-electron chi connectivity index (χ1n) is 6.34. The van der Waals surface area contributed by atoms with Crippen LogP contribution in [0.15, 0.2) is 53.7 Å². The summed E-state index contributed by atoms with van der Waals surface area (Å²) in [5, 5.41) is 8.65. The Kier molecular flexibility index (Phi) is 5.26. The second kappa shape index (κ2) is 7.16. The maximum Gasteiger partial charge on any atom is 0.240 e. The number of nitrogens with one attached hydrogen (secondary N) is 1. The van der Waals surface area contributed by atoms with E-state index in [4.69, 9.17) is 9.84 Å². The molecule has 21 heavy (non-hydrogen) atoms. The Morgan fingerprint density at radius 1 is 1.19 bits per heavy atom. The lowest BCUT2D eigenvalue weighted by molar-refractivity contribution is 0.201. The SMILES string of the molecule is O=S(=O)(NCc1cccnc1)c1ccc(OCCO)cc1. The van der Waals surface area contributed by atoms with Crippen molar-refractivity contribution in [2.45, 2.75) is 11.4 Å². The van der Waals surface area contributed by atoms with Gasteiger partial charge in [-0.2, -0.15) is 0 Å². The molecule has 0 bridgehead atoms. The highest BCUT2D eigenvalue weighted by Crippen LogP contribution is 2.16. The summed E-state index contributed by atoms with van der Waals surface area (Å²) in [5.74, 6) is 0.509. The molecule has 0 aliphatic heterocycles. The zero-order valence-corrected chi connectivity index (χ0v) is 12.1. The van der Waals surface area contributed by atoms with E-state index in [-0.39, 0.29) is 24.7 Å². The highest BCUT2D eigenvalue weighted by Gasteiger charge is 2.13. The van der Waals surface area contributed by atoms with E-state index in [1.165, 1.54) is 12.1 Å². The van der Waals surface area contributed by atoms with Gasteiger partial charge in [-0.05, 0) is 35.9 Å². The van der Waals surface area contributed by atoms with E-state index < -0.39 is 10.0 Å². The molecule has 2 rings (SSSR count). The zero-order chi connectivity index (χ0) is 15.1. The molecular formula is C14H16N2O4S. The van der Waals surface area contributed by atoms with Crippen molar-refractivity contribution < 1.29 is 18.3 Å². The molecule has 0 aliphatic carbocycles. The number of aliphatic hydroxyl groups is 1. The molecule has 7 heteroatoms. The van der Waals surface area contributed by atoms with Gasteiger partial charge < -0.3 is 9.84 Å². The summed E-state index contributed by atoms with van der Waals surface area (Å²) in [4.78, 5) is 4.08. The molecule has 1 heterocycles. The van der Waals surface area contributed by atoms with E-state index in [9.17, 15) is 8.42 Å². The van der Waals surface area contributed by atoms with Gasteiger partial charge in [0.05, 0.1) is 11.5 Å². The van der Waals surface area contributed by atoms with Gasteiger partial charge in [-0.1, -0.05) is 6.07 Å². The van der Waals surface area contributed by atoms with E-state index in [1.54, 1.807) is 36.7 Å². The fourth-order valence-corrected chi connectivity index (χ4v) is 2.66. The summed E-state index contributed by atoms with van der Waals surface area (Å²) in [7, 11) is -3.58. The van der Waals surface area contributed by atoms with Gasteiger partial charge in [0, 0.05) is 18.9 Å². The molecule has 1 aromatic heterocycles. The Morgan fingerprint density at radius 3 is 2.57 bits per heavy atom. The predicted molar refractivity (Wildman–Crippen MR) is 77.3 cm³/mol. The molecule has 112 valence electrons. The molecule has 0 radical (unpaired) electrons. The van der Waals surface area contributed by atoms with Crippen LogP contribution < -0.4 is 9.46 Å². The van der Waals surface area contributed by atoms with Crippen LogP contribution in [0.5, 0.6) is 5.75 Å². The minimum Gasteiger partial charge on any atom is -0.491 e. The van der Waals surface area contributed by atoms with Crippen molar-refractivity contribution in [2.75, 3.05) is 13.2 Å². The number of hydrogen-bond donors (Lipinski definition) is 2. The maximum atomic E-state index is 12.1. The average molecular weight is 308 g/mol. The molecule has 0 saturated carbocycles. The Labute approximate surface area is 123 Å². The van der Waals surface area contributed by atoms with E-state index >= 15 is 0 Å². The number of aliphatic hydroxyl groups excluding tert-OH is 1. The fraction of sp³-hybridized carbons (Fsp3) is 0.214. The Bertz CT molecular complexity index is 657.